The minimum atomic E-state index is 0.490. The molecule has 0 saturated heterocycles. The molecule has 2 aromatic rings. The van der Waals surface area contributed by atoms with Crippen molar-refractivity contribution in [3.05, 3.63) is 53.1 Å². The van der Waals surface area contributed by atoms with E-state index in [0.29, 0.717) is 6.54 Å². The van der Waals surface area contributed by atoms with Crippen molar-refractivity contribution in [1.82, 2.24) is 0 Å². The summed E-state index contributed by atoms with van der Waals surface area (Å²) in [5, 5.41) is 0. The van der Waals surface area contributed by atoms with Crippen molar-refractivity contribution in [3.8, 4) is 16.9 Å². The monoisotopic (exact) mass is 241 g/mol. The van der Waals surface area contributed by atoms with Gasteiger partial charge in [0.15, 0.2) is 0 Å². The molecule has 2 heteroatoms. The van der Waals surface area contributed by atoms with E-state index < -0.39 is 0 Å². The Morgan fingerprint density at radius 1 is 1.00 bits per heavy atom. The van der Waals surface area contributed by atoms with Crippen LogP contribution >= 0.6 is 0 Å². The number of benzene rings is 2. The first-order chi connectivity index (χ1) is 8.65. The normalized spacial score (nSPS) is 10.4. The third kappa shape index (κ3) is 2.39. The van der Waals surface area contributed by atoms with E-state index in [0.717, 1.165) is 16.9 Å². The predicted octanol–water partition coefficient (Wildman–Crippen LogP) is 3.44. The topological polar surface area (TPSA) is 35.2 Å². The molecule has 0 aliphatic rings. The highest BCUT2D eigenvalue weighted by Crippen LogP contribution is 2.30. The smallest absolute Gasteiger partial charge is 0.126 e. The van der Waals surface area contributed by atoms with Crippen LogP contribution in [0.15, 0.2) is 36.4 Å². The second-order valence-corrected chi connectivity index (χ2v) is 4.56. The summed E-state index contributed by atoms with van der Waals surface area (Å²) in [5.41, 5.74) is 11.6. The summed E-state index contributed by atoms with van der Waals surface area (Å²) in [5.74, 6) is 0.897. The van der Waals surface area contributed by atoms with Crippen LogP contribution in [0.5, 0.6) is 5.75 Å². The summed E-state index contributed by atoms with van der Waals surface area (Å²) >= 11 is 0. The fourth-order valence-electron chi connectivity index (χ4n) is 2.20. The molecule has 0 spiro atoms. The maximum Gasteiger partial charge on any atom is 0.126 e. The quantitative estimate of drug-likeness (QED) is 0.893. The number of hydrogen-bond donors (Lipinski definition) is 1. The van der Waals surface area contributed by atoms with Crippen molar-refractivity contribution in [2.24, 2.45) is 5.73 Å². The van der Waals surface area contributed by atoms with Crippen LogP contribution in [0.4, 0.5) is 0 Å². The van der Waals surface area contributed by atoms with E-state index in [-0.39, 0.29) is 0 Å². The van der Waals surface area contributed by atoms with E-state index in [1.54, 1.807) is 7.11 Å². The first-order valence-corrected chi connectivity index (χ1v) is 6.10. The fraction of sp³-hybridized carbons (Fsp3) is 0.250. The van der Waals surface area contributed by atoms with E-state index in [1.807, 2.05) is 0 Å². The van der Waals surface area contributed by atoms with Gasteiger partial charge in [0, 0.05) is 12.1 Å². The Hall–Kier alpha value is -1.80. The Morgan fingerprint density at radius 2 is 1.67 bits per heavy atom. The lowest BCUT2D eigenvalue weighted by molar-refractivity contribution is 0.407. The molecule has 0 aliphatic heterocycles. The highest BCUT2D eigenvalue weighted by molar-refractivity contribution is 5.67. The van der Waals surface area contributed by atoms with E-state index in [1.165, 1.54) is 16.7 Å². The first-order valence-electron chi connectivity index (χ1n) is 6.10. The molecule has 0 atom stereocenters. The van der Waals surface area contributed by atoms with Crippen LogP contribution in [-0.2, 0) is 6.54 Å². The number of aryl methyl sites for hydroxylation is 2. The van der Waals surface area contributed by atoms with E-state index in [2.05, 4.69) is 50.2 Å². The van der Waals surface area contributed by atoms with Gasteiger partial charge >= 0.3 is 0 Å². The van der Waals surface area contributed by atoms with Crippen molar-refractivity contribution in [2.75, 3.05) is 7.11 Å². The van der Waals surface area contributed by atoms with Crippen LogP contribution in [0.2, 0.25) is 0 Å². The molecule has 2 rings (SSSR count). The van der Waals surface area contributed by atoms with Crippen molar-refractivity contribution >= 4 is 0 Å². The second kappa shape index (κ2) is 5.23. The summed E-state index contributed by atoms with van der Waals surface area (Å²) in [4.78, 5) is 0. The largest absolute Gasteiger partial charge is 0.496 e. The minimum absolute atomic E-state index is 0.490. The molecule has 94 valence electrons. The van der Waals surface area contributed by atoms with Crippen LogP contribution in [0.1, 0.15) is 16.7 Å². The summed E-state index contributed by atoms with van der Waals surface area (Å²) in [7, 11) is 1.69. The number of hydrogen-bond acceptors (Lipinski definition) is 2. The average molecular weight is 241 g/mol. The molecule has 0 aliphatic carbocycles. The number of rotatable bonds is 3. The molecule has 2 nitrogen and oxygen atoms in total. The van der Waals surface area contributed by atoms with Gasteiger partial charge in [-0.3, -0.25) is 0 Å². The van der Waals surface area contributed by atoms with Crippen molar-refractivity contribution < 1.29 is 4.74 Å². The molecule has 0 heterocycles. The number of ether oxygens (including phenoxy) is 1. The molecule has 18 heavy (non-hydrogen) atoms. The molecule has 0 bridgehead atoms. The van der Waals surface area contributed by atoms with Crippen LogP contribution < -0.4 is 10.5 Å². The highest BCUT2D eigenvalue weighted by Gasteiger charge is 2.08. The van der Waals surface area contributed by atoms with Crippen LogP contribution in [-0.4, -0.2) is 7.11 Å². The molecule has 0 amide bonds. The van der Waals surface area contributed by atoms with Gasteiger partial charge in [0.05, 0.1) is 7.11 Å². The highest BCUT2D eigenvalue weighted by atomic mass is 16.5. The Morgan fingerprint density at radius 3 is 2.22 bits per heavy atom. The van der Waals surface area contributed by atoms with Gasteiger partial charge in [-0.1, -0.05) is 29.8 Å². The van der Waals surface area contributed by atoms with Gasteiger partial charge in [-0.25, -0.2) is 0 Å². The van der Waals surface area contributed by atoms with Gasteiger partial charge in [-0.2, -0.15) is 0 Å². The summed E-state index contributed by atoms with van der Waals surface area (Å²) in [6.45, 7) is 4.63. The number of nitrogens with two attached hydrogens (primary N) is 1. The van der Waals surface area contributed by atoms with E-state index >= 15 is 0 Å². The third-order valence-electron chi connectivity index (χ3n) is 3.16. The molecule has 0 aromatic heterocycles. The molecule has 2 N–H and O–H groups in total. The standard InChI is InChI=1S/C16H19NO/c1-11-4-6-13(7-5-11)14-8-12(2)16(18-3)15(9-14)10-17/h4-9H,10,17H2,1-3H3. The van der Waals surface area contributed by atoms with E-state index in [9.17, 15) is 0 Å². The Balaban J connectivity index is 2.52. The maximum absolute atomic E-state index is 5.79. The van der Waals surface area contributed by atoms with Crippen molar-refractivity contribution in [3.63, 3.8) is 0 Å². The second-order valence-electron chi connectivity index (χ2n) is 4.56. The predicted molar refractivity (Wildman–Crippen MR) is 75.8 cm³/mol. The molecule has 0 saturated carbocycles. The molecule has 0 unspecified atom stereocenters. The van der Waals surface area contributed by atoms with Gasteiger partial charge in [0.2, 0.25) is 0 Å². The van der Waals surface area contributed by atoms with Crippen molar-refractivity contribution in [2.45, 2.75) is 20.4 Å². The van der Waals surface area contributed by atoms with Crippen molar-refractivity contribution in [1.29, 1.82) is 0 Å². The summed E-state index contributed by atoms with van der Waals surface area (Å²) in [6, 6.07) is 12.8. The maximum atomic E-state index is 5.79. The van der Waals surface area contributed by atoms with Gasteiger partial charge in [0.1, 0.15) is 5.75 Å². The molecule has 0 radical (unpaired) electrons. The fourth-order valence-corrected chi connectivity index (χ4v) is 2.20. The molecule has 0 fully saturated rings. The molecular formula is C16H19NO. The zero-order valence-electron chi connectivity index (χ0n) is 11.2. The van der Waals surface area contributed by atoms with Crippen LogP contribution in [0.3, 0.4) is 0 Å². The Labute approximate surface area is 108 Å². The minimum Gasteiger partial charge on any atom is -0.496 e. The van der Waals surface area contributed by atoms with Gasteiger partial charge in [0.25, 0.3) is 0 Å². The lowest BCUT2D eigenvalue weighted by atomic mass is 9.98. The zero-order valence-corrected chi connectivity index (χ0v) is 11.2. The Kier molecular flexibility index (Phi) is 3.68. The van der Waals surface area contributed by atoms with Gasteiger partial charge in [-0.15, -0.1) is 0 Å². The van der Waals surface area contributed by atoms with Gasteiger partial charge < -0.3 is 10.5 Å². The lowest BCUT2D eigenvalue weighted by Gasteiger charge is -2.13. The Bertz CT molecular complexity index is 544. The van der Waals surface area contributed by atoms with Crippen LogP contribution in [0, 0.1) is 13.8 Å². The SMILES string of the molecule is COc1c(C)cc(-c2ccc(C)cc2)cc1CN. The number of methoxy groups -OCH3 is 1. The lowest BCUT2D eigenvalue weighted by Crippen LogP contribution is -2.02. The third-order valence-corrected chi connectivity index (χ3v) is 3.16. The van der Waals surface area contributed by atoms with Crippen LogP contribution in [0.25, 0.3) is 11.1 Å². The van der Waals surface area contributed by atoms with E-state index in [4.69, 9.17) is 10.5 Å². The molecular weight excluding hydrogens is 222 g/mol. The zero-order chi connectivity index (χ0) is 13.1. The summed E-state index contributed by atoms with van der Waals surface area (Å²) in [6.07, 6.45) is 0. The van der Waals surface area contributed by atoms with Gasteiger partial charge in [-0.05, 0) is 42.7 Å². The first kappa shape index (κ1) is 12.7. The molecule has 2 aromatic carbocycles. The summed E-state index contributed by atoms with van der Waals surface area (Å²) < 4.78 is 5.40. The average Bonchev–Trinajstić information content (AvgIpc) is 2.38.